The first kappa shape index (κ1) is 17.1. The van der Waals surface area contributed by atoms with E-state index in [0.29, 0.717) is 0 Å². The lowest BCUT2D eigenvalue weighted by Crippen LogP contribution is -3.00. The van der Waals surface area contributed by atoms with Crippen LogP contribution >= 0.6 is 22.7 Å². The van der Waals surface area contributed by atoms with Gasteiger partial charge < -0.3 is 48.0 Å². The minimum atomic E-state index is 0. The van der Waals surface area contributed by atoms with E-state index in [0.717, 1.165) is 0 Å². The van der Waals surface area contributed by atoms with Crippen molar-refractivity contribution in [2.75, 3.05) is 0 Å². The molecule has 0 unspecified atom stereocenters. The molecule has 0 aromatic carbocycles. The van der Waals surface area contributed by atoms with Gasteiger partial charge in [0.05, 0.1) is 10.8 Å². The number of aromatic amines is 2. The highest BCUT2D eigenvalue weighted by atomic mass is 127. The fourth-order valence-corrected chi connectivity index (χ4v) is 1.78. The fraction of sp³-hybridized carbons (Fsp3) is 0.250. The lowest BCUT2D eigenvalue weighted by molar-refractivity contribution is -0.380. The van der Waals surface area contributed by atoms with Crippen LogP contribution in [-0.2, 0) is 0 Å². The van der Waals surface area contributed by atoms with Gasteiger partial charge in [-0.2, -0.15) is 0 Å². The second-order valence-electron chi connectivity index (χ2n) is 2.40. The molecule has 0 spiro atoms. The van der Waals surface area contributed by atoms with Crippen LogP contribution in [0.4, 0.5) is 0 Å². The quantitative estimate of drug-likeness (QED) is 0.361. The van der Waals surface area contributed by atoms with E-state index in [1.54, 1.807) is 22.7 Å². The number of aryl methyl sites for hydroxylation is 2. The Labute approximate surface area is 126 Å². The highest BCUT2D eigenvalue weighted by Gasteiger charge is 1.85. The molecule has 2 aromatic heterocycles. The minimum absolute atomic E-state index is 0. The second-order valence-corrected chi connectivity index (χ2v) is 3.89. The van der Waals surface area contributed by atoms with Gasteiger partial charge in [0, 0.05) is 13.8 Å². The molecule has 2 nitrogen and oxygen atoms in total. The van der Waals surface area contributed by atoms with Crippen LogP contribution < -0.4 is 57.9 Å². The summed E-state index contributed by atoms with van der Waals surface area (Å²) in [5.41, 5.74) is 6.38. The van der Waals surface area contributed by atoms with Crippen molar-refractivity contribution in [1.29, 1.82) is 0 Å². The summed E-state index contributed by atoms with van der Waals surface area (Å²) in [5.74, 6) is 0. The topological polar surface area (TPSA) is 28.3 Å². The summed E-state index contributed by atoms with van der Waals surface area (Å²) < 4.78 is 0. The number of hydrogen-bond donors (Lipinski definition) is 0. The van der Waals surface area contributed by atoms with E-state index in [4.69, 9.17) is 0 Å². The van der Waals surface area contributed by atoms with Gasteiger partial charge in [-0.1, -0.05) is 22.7 Å². The molecule has 0 aliphatic heterocycles. The Bertz CT molecular complexity index is 263. The van der Waals surface area contributed by atoms with Crippen molar-refractivity contribution in [3.8, 4) is 0 Å². The van der Waals surface area contributed by atoms with Crippen molar-refractivity contribution in [1.82, 2.24) is 0 Å². The predicted octanol–water partition coefficient (Wildman–Crippen LogP) is -4.25. The summed E-state index contributed by atoms with van der Waals surface area (Å²) in [6.07, 6.45) is 0. The standard InChI is InChI=1S/2C4H5NS.2HI/c2*1-4-2-6-3-5-4;;/h2*2-3H,1H3;2*1H. The van der Waals surface area contributed by atoms with Gasteiger partial charge in [-0.25, -0.2) is 9.97 Å². The van der Waals surface area contributed by atoms with Crippen LogP contribution in [0, 0.1) is 13.8 Å². The van der Waals surface area contributed by atoms with Crippen LogP contribution in [0.2, 0.25) is 0 Å². The average Bonchev–Trinajstić information content (AvgIpc) is 2.63. The van der Waals surface area contributed by atoms with Crippen molar-refractivity contribution in [2.45, 2.75) is 13.8 Å². The maximum Gasteiger partial charge on any atom is 0.223 e. The van der Waals surface area contributed by atoms with Crippen LogP contribution in [0.1, 0.15) is 11.4 Å². The zero-order valence-electron chi connectivity index (χ0n) is 7.88. The molecule has 2 N–H and O–H groups in total. The van der Waals surface area contributed by atoms with E-state index in [9.17, 15) is 0 Å². The highest BCUT2D eigenvalue weighted by Crippen LogP contribution is 1.90. The van der Waals surface area contributed by atoms with Crippen molar-refractivity contribution in [3.63, 3.8) is 0 Å². The molecule has 0 amide bonds. The Morgan fingerprint density at radius 2 is 1.21 bits per heavy atom. The van der Waals surface area contributed by atoms with Gasteiger partial charge >= 0.3 is 0 Å². The first-order valence-electron chi connectivity index (χ1n) is 3.60. The molecule has 0 saturated carbocycles. The fourth-order valence-electron chi connectivity index (χ4n) is 0.594. The molecule has 2 aromatic rings. The normalized spacial score (nSPS) is 7.57. The molecule has 0 aliphatic carbocycles. The SMILES string of the molecule is Cc1csc[nH+]1.Cc1csc[nH+]1.[I-].[I-]. The van der Waals surface area contributed by atoms with Gasteiger partial charge in [-0.3, -0.25) is 0 Å². The molecule has 0 aliphatic rings. The van der Waals surface area contributed by atoms with Crippen molar-refractivity contribution in [3.05, 3.63) is 33.2 Å². The molecule has 2 heterocycles. The summed E-state index contributed by atoms with van der Waals surface area (Å²) >= 11 is 3.37. The van der Waals surface area contributed by atoms with Crippen LogP contribution in [-0.4, -0.2) is 0 Å². The number of H-pyrrole nitrogens is 2. The number of nitrogens with one attached hydrogen (secondary N) is 2. The first-order chi connectivity index (χ1) is 5.79. The van der Waals surface area contributed by atoms with Crippen LogP contribution in [0.5, 0.6) is 0 Å². The molecule has 14 heavy (non-hydrogen) atoms. The zero-order valence-corrected chi connectivity index (χ0v) is 13.8. The Morgan fingerprint density at radius 1 is 0.857 bits per heavy atom. The van der Waals surface area contributed by atoms with Gasteiger partial charge in [0.25, 0.3) is 0 Å². The second kappa shape index (κ2) is 10.2. The molecule has 0 radical (unpaired) electrons. The van der Waals surface area contributed by atoms with Crippen molar-refractivity contribution < 1.29 is 57.9 Å². The summed E-state index contributed by atoms with van der Waals surface area (Å²) in [7, 11) is 0. The average molecular weight is 454 g/mol. The highest BCUT2D eigenvalue weighted by molar-refractivity contribution is 7.07. The summed E-state index contributed by atoms with van der Waals surface area (Å²) in [6, 6.07) is 0. The molecule has 0 atom stereocenters. The monoisotopic (exact) mass is 454 g/mol. The van der Waals surface area contributed by atoms with E-state index >= 15 is 0 Å². The lowest BCUT2D eigenvalue weighted by atomic mass is 10.6. The summed E-state index contributed by atoms with van der Waals surface area (Å²) in [4.78, 5) is 6.04. The number of thiazole rings is 2. The van der Waals surface area contributed by atoms with Crippen molar-refractivity contribution in [2.24, 2.45) is 0 Å². The third kappa shape index (κ3) is 8.06. The summed E-state index contributed by atoms with van der Waals surface area (Å²) in [5, 5.41) is 4.14. The van der Waals surface area contributed by atoms with E-state index < -0.39 is 0 Å². The van der Waals surface area contributed by atoms with Crippen LogP contribution in [0.25, 0.3) is 0 Å². The third-order valence-corrected chi connectivity index (χ3v) is 2.69. The molecule has 2 rings (SSSR count). The smallest absolute Gasteiger partial charge is 0.223 e. The van der Waals surface area contributed by atoms with E-state index in [1.807, 2.05) is 24.9 Å². The van der Waals surface area contributed by atoms with E-state index in [2.05, 4.69) is 20.7 Å². The molecule has 0 saturated heterocycles. The largest absolute Gasteiger partial charge is 1.00 e. The van der Waals surface area contributed by atoms with Crippen molar-refractivity contribution >= 4 is 22.7 Å². The summed E-state index contributed by atoms with van der Waals surface area (Å²) in [6.45, 7) is 4.08. The maximum absolute atomic E-state index is 3.02. The maximum atomic E-state index is 3.02. The van der Waals surface area contributed by atoms with Gasteiger partial charge in [0.15, 0.2) is 11.4 Å². The Balaban J connectivity index is 0. The zero-order chi connectivity index (χ0) is 8.81. The Morgan fingerprint density at radius 3 is 1.29 bits per heavy atom. The molecule has 6 heteroatoms. The third-order valence-electron chi connectivity index (χ3n) is 1.20. The van der Waals surface area contributed by atoms with E-state index in [1.165, 1.54) is 11.4 Å². The van der Waals surface area contributed by atoms with Gasteiger partial charge in [-0.15, -0.1) is 0 Å². The molecular formula is C8H12I2N2S2. The Kier molecular flexibility index (Phi) is 12.5. The number of hydrogen-bond acceptors (Lipinski definition) is 2. The number of rotatable bonds is 0. The molecule has 0 bridgehead atoms. The first-order valence-corrected chi connectivity index (χ1v) is 5.48. The van der Waals surface area contributed by atoms with Gasteiger partial charge in [0.1, 0.15) is 0 Å². The van der Waals surface area contributed by atoms with E-state index in [-0.39, 0.29) is 48.0 Å². The van der Waals surface area contributed by atoms with Gasteiger partial charge in [-0.05, 0) is 0 Å². The van der Waals surface area contributed by atoms with Crippen LogP contribution in [0.15, 0.2) is 21.8 Å². The number of aromatic nitrogens is 2. The predicted molar refractivity (Wildman–Crippen MR) is 51.2 cm³/mol. The molecule has 80 valence electrons. The minimum Gasteiger partial charge on any atom is -1.00 e. The van der Waals surface area contributed by atoms with Gasteiger partial charge in [0.2, 0.25) is 11.0 Å². The lowest BCUT2D eigenvalue weighted by Gasteiger charge is -1.56. The number of halogens is 2. The molecule has 0 fully saturated rings. The molecular weight excluding hydrogens is 442 g/mol. The Hall–Kier alpha value is 0.720. The van der Waals surface area contributed by atoms with Crippen LogP contribution in [0.3, 0.4) is 0 Å².